The number of carbonyl (C=O) groups is 2. The summed E-state index contributed by atoms with van der Waals surface area (Å²) in [5, 5.41) is 2.67. The van der Waals surface area contributed by atoms with Crippen LogP contribution in [0.4, 0.5) is 13.2 Å². The minimum Gasteiger partial charge on any atom is -0.344 e. The van der Waals surface area contributed by atoms with Gasteiger partial charge in [0.05, 0.1) is 0 Å². The van der Waals surface area contributed by atoms with Gasteiger partial charge in [-0.3, -0.25) is 9.59 Å². The Kier molecular flexibility index (Phi) is 4.27. The fourth-order valence-electron chi connectivity index (χ4n) is 2.09. The van der Waals surface area contributed by atoms with Gasteiger partial charge in [0.1, 0.15) is 6.04 Å². The van der Waals surface area contributed by atoms with Crippen molar-refractivity contribution in [3.8, 4) is 0 Å². The molecule has 1 aliphatic carbocycles. The Morgan fingerprint density at radius 2 is 2.00 bits per heavy atom. The van der Waals surface area contributed by atoms with E-state index >= 15 is 0 Å². The molecule has 1 heterocycles. The molecule has 108 valence electrons. The molecule has 2 fully saturated rings. The van der Waals surface area contributed by atoms with Gasteiger partial charge in [-0.1, -0.05) is 0 Å². The van der Waals surface area contributed by atoms with Crippen molar-refractivity contribution in [3.63, 3.8) is 0 Å². The molecule has 19 heavy (non-hydrogen) atoms. The van der Waals surface area contributed by atoms with E-state index in [4.69, 9.17) is 0 Å². The number of thioether (sulfide) groups is 1. The molecule has 0 aromatic carbocycles. The SMILES string of the molecule is O=C1CCN(CCSC(F)(F)F)C(=O)C(C2CC2)N1. The second-order valence-corrected chi connectivity index (χ2v) is 5.91. The van der Waals surface area contributed by atoms with Crippen molar-refractivity contribution in [3.05, 3.63) is 0 Å². The fourth-order valence-corrected chi connectivity index (χ4v) is 2.64. The van der Waals surface area contributed by atoms with Gasteiger partial charge < -0.3 is 10.2 Å². The largest absolute Gasteiger partial charge is 0.441 e. The van der Waals surface area contributed by atoms with Crippen molar-refractivity contribution in [2.75, 3.05) is 18.8 Å². The molecular formula is C11H15F3N2O2S. The number of carbonyl (C=O) groups excluding carboxylic acids is 2. The van der Waals surface area contributed by atoms with Crippen molar-refractivity contribution in [2.24, 2.45) is 5.92 Å². The van der Waals surface area contributed by atoms with Gasteiger partial charge in [0.25, 0.3) is 0 Å². The summed E-state index contributed by atoms with van der Waals surface area (Å²) in [6.07, 6.45) is 1.94. The Morgan fingerprint density at radius 3 is 2.58 bits per heavy atom. The maximum Gasteiger partial charge on any atom is 0.441 e. The monoisotopic (exact) mass is 296 g/mol. The first-order valence-corrected chi connectivity index (χ1v) is 7.14. The van der Waals surface area contributed by atoms with Gasteiger partial charge in [0.2, 0.25) is 11.8 Å². The molecule has 2 rings (SSSR count). The summed E-state index contributed by atoms with van der Waals surface area (Å²) in [5.74, 6) is -0.472. The van der Waals surface area contributed by atoms with Crippen molar-refractivity contribution in [2.45, 2.75) is 30.8 Å². The summed E-state index contributed by atoms with van der Waals surface area (Å²) in [7, 11) is 0. The molecule has 1 saturated carbocycles. The number of rotatable bonds is 4. The zero-order valence-electron chi connectivity index (χ0n) is 10.2. The average molecular weight is 296 g/mol. The Hall–Kier alpha value is -0.920. The highest BCUT2D eigenvalue weighted by Crippen LogP contribution is 2.34. The normalized spacial score (nSPS) is 25.2. The molecule has 0 radical (unpaired) electrons. The minimum absolute atomic E-state index is 0.0290. The highest BCUT2D eigenvalue weighted by atomic mass is 32.2. The molecular weight excluding hydrogens is 281 g/mol. The first-order chi connectivity index (χ1) is 8.87. The van der Waals surface area contributed by atoms with Gasteiger partial charge in [-0.05, 0) is 30.5 Å². The quantitative estimate of drug-likeness (QED) is 0.852. The summed E-state index contributed by atoms with van der Waals surface area (Å²) in [4.78, 5) is 25.0. The third-order valence-electron chi connectivity index (χ3n) is 3.22. The second-order valence-electron chi connectivity index (χ2n) is 4.75. The van der Waals surface area contributed by atoms with E-state index in [0.717, 1.165) is 12.8 Å². The third-order valence-corrected chi connectivity index (χ3v) is 3.94. The van der Waals surface area contributed by atoms with E-state index in [-0.39, 0.29) is 54.8 Å². The molecule has 0 spiro atoms. The molecule has 2 amide bonds. The summed E-state index contributed by atoms with van der Waals surface area (Å²) in [6, 6.07) is -0.536. The van der Waals surface area contributed by atoms with Crippen LogP contribution in [0.1, 0.15) is 19.3 Å². The van der Waals surface area contributed by atoms with E-state index in [9.17, 15) is 22.8 Å². The lowest BCUT2D eigenvalue weighted by Gasteiger charge is -2.23. The molecule has 1 saturated heterocycles. The van der Waals surface area contributed by atoms with Gasteiger partial charge >= 0.3 is 5.51 Å². The van der Waals surface area contributed by atoms with Crippen LogP contribution in [0.25, 0.3) is 0 Å². The van der Waals surface area contributed by atoms with E-state index in [0.29, 0.717) is 0 Å². The molecule has 1 unspecified atom stereocenters. The first-order valence-electron chi connectivity index (χ1n) is 6.15. The lowest BCUT2D eigenvalue weighted by atomic mass is 10.1. The van der Waals surface area contributed by atoms with E-state index in [1.54, 1.807) is 0 Å². The molecule has 1 atom stereocenters. The number of halogens is 3. The van der Waals surface area contributed by atoms with Crippen molar-refractivity contribution in [1.82, 2.24) is 10.2 Å². The zero-order valence-corrected chi connectivity index (χ0v) is 11.0. The Morgan fingerprint density at radius 1 is 1.32 bits per heavy atom. The molecule has 8 heteroatoms. The maximum absolute atomic E-state index is 12.1. The Bertz CT molecular complexity index is 371. The smallest absolute Gasteiger partial charge is 0.344 e. The molecule has 4 nitrogen and oxygen atoms in total. The molecule has 0 aromatic heterocycles. The second kappa shape index (κ2) is 5.60. The van der Waals surface area contributed by atoms with Gasteiger partial charge in [-0.15, -0.1) is 0 Å². The Balaban J connectivity index is 1.90. The minimum atomic E-state index is -4.28. The van der Waals surface area contributed by atoms with Gasteiger partial charge in [0.15, 0.2) is 0 Å². The summed E-state index contributed by atoms with van der Waals surface area (Å²) in [5.41, 5.74) is -4.28. The lowest BCUT2D eigenvalue weighted by Crippen LogP contribution is -2.46. The molecule has 0 aromatic rings. The number of nitrogens with zero attached hydrogens (tertiary/aromatic N) is 1. The number of hydrogen-bond acceptors (Lipinski definition) is 3. The lowest BCUT2D eigenvalue weighted by molar-refractivity contribution is -0.133. The van der Waals surface area contributed by atoms with Crippen LogP contribution in [0.2, 0.25) is 0 Å². The van der Waals surface area contributed by atoms with E-state index in [2.05, 4.69) is 5.32 Å². The first kappa shape index (κ1) is 14.5. The molecule has 1 N–H and O–H groups in total. The predicted molar refractivity (Wildman–Crippen MR) is 64.4 cm³/mol. The summed E-state index contributed by atoms with van der Waals surface area (Å²) < 4.78 is 36.2. The summed E-state index contributed by atoms with van der Waals surface area (Å²) in [6.45, 7) is 0.230. The van der Waals surface area contributed by atoms with Crippen LogP contribution in [0.15, 0.2) is 0 Å². The van der Waals surface area contributed by atoms with Gasteiger partial charge in [-0.25, -0.2) is 0 Å². The van der Waals surface area contributed by atoms with E-state index in [1.807, 2.05) is 0 Å². The van der Waals surface area contributed by atoms with Gasteiger partial charge in [-0.2, -0.15) is 13.2 Å². The third kappa shape index (κ3) is 4.29. The standard InChI is InChI=1S/C11H15F3N2O2S/c12-11(13,14)19-6-5-16-4-3-8(17)15-9(10(16)18)7-1-2-7/h7,9H,1-6H2,(H,15,17). The highest BCUT2D eigenvalue weighted by Gasteiger charge is 2.41. The number of hydrogen-bond donors (Lipinski definition) is 1. The number of nitrogens with one attached hydrogen (secondary N) is 1. The summed E-state index contributed by atoms with van der Waals surface area (Å²) >= 11 is -0.137. The molecule has 1 aliphatic heterocycles. The Labute approximate surface area is 113 Å². The van der Waals surface area contributed by atoms with Crippen molar-refractivity contribution >= 4 is 23.6 Å². The van der Waals surface area contributed by atoms with Crippen LogP contribution in [0.3, 0.4) is 0 Å². The van der Waals surface area contributed by atoms with Crippen LogP contribution in [0.5, 0.6) is 0 Å². The van der Waals surface area contributed by atoms with Crippen LogP contribution in [-0.4, -0.2) is 47.1 Å². The highest BCUT2D eigenvalue weighted by molar-refractivity contribution is 8.00. The fraction of sp³-hybridized carbons (Fsp3) is 0.818. The predicted octanol–water partition coefficient (Wildman–Crippen LogP) is 1.37. The molecule has 0 bridgehead atoms. The van der Waals surface area contributed by atoms with E-state index in [1.165, 1.54) is 4.90 Å². The zero-order chi connectivity index (χ0) is 14.0. The topological polar surface area (TPSA) is 49.4 Å². The van der Waals surface area contributed by atoms with Crippen LogP contribution < -0.4 is 5.32 Å². The van der Waals surface area contributed by atoms with Crippen LogP contribution in [0, 0.1) is 5.92 Å². The van der Waals surface area contributed by atoms with Crippen molar-refractivity contribution < 1.29 is 22.8 Å². The van der Waals surface area contributed by atoms with Crippen LogP contribution >= 0.6 is 11.8 Å². The van der Waals surface area contributed by atoms with Crippen LogP contribution in [-0.2, 0) is 9.59 Å². The van der Waals surface area contributed by atoms with E-state index < -0.39 is 11.6 Å². The van der Waals surface area contributed by atoms with Gasteiger partial charge in [0, 0.05) is 25.3 Å². The number of alkyl halides is 3. The maximum atomic E-state index is 12.1. The number of amides is 2. The van der Waals surface area contributed by atoms with Crippen molar-refractivity contribution in [1.29, 1.82) is 0 Å². The average Bonchev–Trinajstić information content (AvgIpc) is 3.11. The molecule has 2 aliphatic rings.